The maximum Gasteiger partial charge on any atom is 0.360 e. The van der Waals surface area contributed by atoms with Crippen molar-refractivity contribution in [1.29, 1.82) is 0 Å². The lowest BCUT2D eigenvalue weighted by atomic mass is 10.1. The zero-order valence-corrected chi connectivity index (χ0v) is 11.2. The highest BCUT2D eigenvalue weighted by atomic mass is 16.6. The van der Waals surface area contributed by atoms with E-state index in [4.69, 9.17) is 5.11 Å². The van der Waals surface area contributed by atoms with Gasteiger partial charge in [0.05, 0.1) is 4.92 Å². The lowest BCUT2D eigenvalue weighted by Crippen LogP contribution is -2.23. The Labute approximate surface area is 118 Å². The number of aryl methyl sites for hydroxylation is 2. The van der Waals surface area contributed by atoms with Crippen molar-refractivity contribution >= 4 is 11.7 Å². The summed E-state index contributed by atoms with van der Waals surface area (Å²) in [7, 11) is 0. The van der Waals surface area contributed by atoms with Crippen molar-refractivity contribution in [2.45, 2.75) is 13.8 Å². The molecule has 0 aliphatic carbocycles. The summed E-state index contributed by atoms with van der Waals surface area (Å²) in [6.45, 7) is 3.06. The van der Waals surface area contributed by atoms with Gasteiger partial charge in [0.15, 0.2) is 0 Å². The maximum atomic E-state index is 11.7. The van der Waals surface area contributed by atoms with Crippen LogP contribution < -0.4 is 5.43 Å². The van der Waals surface area contributed by atoms with Crippen molar-refractivity contribution in [1.82, 2.24) is 9.78 Å². The van der Waals surface area contributed by atoms with E-state index in [1.165, 1.54) is 25.3 Å². The van der Waals surface area contributed by atoms with E-state index in [1.807, 2.05) is 0 Å². The first-order chi connectivity index (χ1) is 9.82. The van der Waals surface area contributed by atoms with Crippen LogP contribution in [0, 0.1) is 24.0 Å². The van der Waals surface area contributed by atoms with Gasteiger partial charge in [-0.2, -0.15) is 5.10 Å². The van der Waals surface area contributed by atoms with Gasteiger partial charge in [-0.1, -0.05) is 12.1 Å². The van der Waals surface area contributed by atoms with Gasteiger partial charge < -0.3 is 5.11 Å². The maximum absolute atomic E-state index is 11.7. The van der Waals surface area contributed by atoms with E-state index in [0.717, 1.165) is 4.68 Å². The second kappa shape index (κ2) is 5.16. The average molecular weight is 289 g/mol. The normalized spacial score (nSPS) is 10.4. The molecule has 2 rings (SSSR count). The zero-order valence-electron chi connectivity index (χ0n) is 11.2. The second-order valence-corrected chi connectivity index (χ2v) is 4.44. The van der Waals surface area contributed by atoms with E-state index in [9.17, 15) is 19.7 Å². The number of carboxylic acid groups (broad SMARTS) is 1. The van der Waals surface area contributed by atoms with Crippen molar-refractivity contribution in [3.05, 3.63) is 61.6 Å². The number of nitro benzene ring substituents is 1. The number of nitrogens with zero attached hydrogens (tertiary/aromatic N) is 3. The van der Waals surface area contributed by atoms with Gasteiger partial charge >= 0.3 is 5.97 Å². The molecular formula is C13H11N3O5. The minimum atomic E-state index is -1.48. The Hall–Kier alpha value is -3.03. The van der Waals surface area contributed by atoms with E-state index in [2.05, 4.69) is 5.10 Å². The lowest BCUT2D eigenvalue weighted by molar-refractivity contribution is -0.384. The van der Waals surface area contributed by atoms with Crippen LogP contribution in [0.15, 0.2) is 29.2 Å². The summed E-state index contributed by atoms with van der Waals surface area (Å²) in [4.78, 5) is 33.3. The molecule has 0 fully saturated rings. The third kappa shape index (κ3) is 2.50. The van der Waals surface area contributed by atoms with Gasteiger partial charge in [-0.05, 0) is 19.4 Å². The summed E-state index contributed by atoms with van der Waals surface area (Å²) < 4.78 is 1.06. The molecule has 0 atom stereocenters. The quantitative estimate of drug-likeness (QED) is 0.675. The molecule has 1 N–H and O–H groups in total. The van der Waals surface area contributed by atoms with Crippen molar-refractivity contribution in [3.63, 3.8) is 0 Å². The Balaban J connectivity index is 2.83. The molecule has 0 saturated heterocycles. The molecule has 1 aromatic carbocycles. The number of para-hydroxylation sites is 1. The first kappa shape index (κ1) is 14.4. The van der Waals surface area contributed by atoms with Crippen molar-refractivity contribution in [3.8, 4) is 5.69 Å². The number of hydrogen-bond acceptors (Lipinski definition) is 5. The molecule has 8 nitrogen and oxygen atoms in total. The standard InChI is InChI=1S/C13H11N3O5/c1-7-4-3-5-9(16(20)21)11(7)15-6-8(2)12(17)10(14-15)13(18)19/h3-6H,1-2H3,(H,18,19). The first-order valence-electron chi connectivity index (χ1n) is 5.91. The van der Waals surface area contributed by atoms with Crippen LogP contribution in [0.3, 0.4) is 0 Å². The molecule has 0 radical (unpaired) electrons. The van der Waals surface area contributed by atoms with Gasteiger partial charge in [0.1, 0.15) is 5.69 Å². The topological polar surface area (TPSA) is 115 Å². The van der Waals surface area contributed by atoms with Gasteiger partial charge in [0.2, 0.25) is 11.1 Å². The van der Waals surface area contributed by atoms with Gasteiger partial charge in [0.25, 0.3) is 5.69 Å². The average Bonchev–Trinajstić information content (AvgIpc) is 2.41. The van der Waals surface area contributed by atoms with Crippen LogP contribution in [0.25, 0.3) is 5.69 Å². The minimum absolute atomic E-state index is 0.133. The molecule has 0 amide bonds. The molecule has 21 heavy (non-hydrogen) atoms. The summed E-state index contributed by atoms with van der Waals surface area (Å²) in [5.41, 5.74) is -0.798. The second-order valence-electron chi connectivity index (χ2n) is 4.44. The summed E-state index contributed by atoms with van der Waals surface area (Å²) in [5.74, 6) is -1.48. The zero-order chi connectivity index (χ0) is 15.7. The predicted molar refractivity (Wildman–Crippen MR) is 72.9 cm³/mol. The molecule has 0 aliphatic heterocycles. The number of carboxylic acids is 1. The summed E-state index contributed by atoms with van der Waals surface area (Å²) in [5, 5.41) is 23.8. The fourth-order valence-corrected chi connectivity index (χ4v) is 1.95. The van der Waals surface area contributed by atoms with Crippen molar-refractivity contribution in [2.75, 3.05) is 0 Å². The van der Waals surface area contributed by atoms with Crippen LogP contribution in [0.2, 0.25) is 0 Å². The highest BCUT2D eigenvalue weighted by molar-refractivity contribution is 5.85. The van der Waals surface area contributed by atoms with Crippen LogP contribution >= 0.6 is 0 Å². The van der Waals surface area contributed by atoms with Crippen molar-refractivity contribution in [2.24, 2.45) is 0 Å². The molecule has 0 aliphatic rings. The molecule has 0 unspecified atom stereocenters. The number of carbonyl (C=O) groups is 1. The Morgan fingerprint density at radius 2 is 2.00 bits per heavy atom. The molecular weight excluding hydrogens is 278 g/mol. The Morgan fingerprint density at radius 3 is 2.57 bits per heavy atom. The highest BCUT2D eigenvalue weighted by Gasteiger charge is 2.21. The van der Waals surface area contributed by atoms with Crippen LogP contribution in [0.1, 0.15) is 21.6 Å². The van der Waals surface area contributed by atoms with Crippen LogP contribution in [-0.2, 0) is 0 Å². The fraction of sp³-hybridized carbons (Fsp3) is 0.154. The lowest BCUT2D eigenvalue weighted by Gasteiger charge is -2.10. The SMILES string of the molecule is Cc1cccc([N+](=O)[O-])c1-n1cc(C)c(=O)c(C(=O)O)n1. The van der Waals surface area contributed by atoms with Gasteiger partial charge in [0, 0.05) is 17.8 Å². The highest BCUT2D eigenvalue weighted by Crippen LogP contribution is 2.25. The summed E-state index contributed by atoms with van der Waals surface area (Å²) >= 11 is 0. The molecule has 108 valence electrons. The van der Waals surface area contributed by atoms with Crippen LogP contribution in [0.4, 0.5) is 5.69 Å². The molecule has 1 aromatic heterocycles. The molecule has 0 saturated carbocycles. The smallest absolute Gasteiger partial charge is 0.360 e. The van der Waals surface area contributed by atoms with E-state index in [0.29, 0.717) is 5.56 Å². The number of rotatable bonds is 3. The Bertz CT molecular complexity index is 810. The van der Waals surface area contributed by atoms with E-state index in [-0.39, 0.29) is 16.9 Å². The molecule has 0 spiro atoms. The molecule has 8 heteroatoms. The number of nitro groups is 1. The monoisotopic (exact) mass is 289 g/mol. The van der Waals surface area contributed by atoms with Gasteiger partial charge in [-0.25, -0.2) is 9.48 Å². The van der Waals surface area contributed by atoms with Gasteiger partial charge in [-0.15, -0.1) is 0 Å². The van der Waals surface area contributed by atoms with E-state index < -0.39 is 22.0 Å². The van der Waals surface area contributed by atoms with E-state index >= 15 is 0 Å². The van der Waals surface area contributed by atoms with Crippen LogP contribution in [-0.4, -0.2) is 25.8 Å². The largest absolute Gasteiger partial charge is 0.476 e. The number of benzene rings is 1. The Morgan fingerprint density at radius 1 is 1.33 bits per heavy atom. The summed E-state index contributed by atoms with van der Waals surface area (Å²) in [6, 6.07) is 4.44. The van der Waals surface area contributed by atoms with Crippen LogP contribution in [0.5, 0.6) is 0 Å². The third-order valence-corrected chi connectivity index (χ3v) is 2.94. The predicted octanol–water partition coefficient (Wildman–Crippen LogP) is 1.46. The van der Waals surface area contributed by atoms with Gasteiger partial charge in [-0.3, -0.25) is 14.9 Å². The summed E-state index contributed by atoms with van der Waals surface area (Å²) in [6.07, 6.45) is 1.28. The molecule has 2 aromatic rings. The third-order valence-electron chi connectivity index (χ3n) is 2.94. The fourth-order valence-electron chi connectivity index (χ4n) is 1.95. The minimum Gasteiger partial charge on any atom is -0.476 e. The van der Waals surface area contributed by atoms with E-state index in [1.54, 1.807) is 13.0 Å². The Kier molecular flexibility index (Phi) is 3.53. The number of aromatic carboxylic acids is 1. The molecule has 0 bridgehead atoms. The molecule has 1 heterocycles. The number of aromatic nitrogens is 2. The van der Waals surface area contributed by atoms with Crippen molar-refractivity contribution < 1.29 is 14.8 Å². The first-order valence-corrected chi connectivity index (χ1v) is 5.91. The number of hydrogen-bond donors (Lipinski definition) is 1.